The number of methoxy groups -OCH3 is 1. The summed E-state index contributed by atoms with van der Waals surface area (Å²) >= 11 is 0. The highest BCUT2D eigenvalue weighted by Gasteiger charge is 2.31. The topological polar surface area (TPSA) is 113 Å². The van der Waals surface area contributed by atoms with E-state index in [4.69, 9.17) is 4.74 Å². The van der Waals surface area contributed by atoms with Crippen LogP contribution >= 0.6 is 0 Å². The first-order valence-corrected chi connectivity index (χ1v) is 8.35. The quantitative estimate of drug-likeness (QED) is 0.579. The zero-order chi connectivity index (χ0) is 21.0. The number of aromatic hydroxyl groups is 1. The molecule has 3 aromatic rings. The maximum Gasteiger partial charge on any atom is 0.416 e. The predicted molar refractivity (Wildman–Crippen MR) is 95.4 cm³/mol. The lowest BCUT2D eigenvalue weighted by Crippen LogP contribution is -2.24. The highest BCUT2D eigenvalue weighted by atomic mass is 19.4. The molecule has 11 heteroatoms. The number of halogens is 3. The third-order valence-electron chi connectivity index (χ3n) is 4.13. The van der Waals surface area contributed by atoms with E-state index in [0.717, 1.165) is 12.1 Å². The van der Waals surface area contributed by atoms with Crippen molar-refractivity contribution in [3.8, 4) is 11.5 Å². The summed E-state index contributed by atoms with van der Waals surface area (Å²) in [4.78, 5) is 12.8. The number of nitrogens with one attached hydrogen (secondary N) is 2. The molecule has 3 rings (SSSR count). The standard InChI is InChI=1S/C18H16F3N5O3/c1-29-15-8-10(5-6-14(15)27)7-13(16-23-25-26-24-16)17(28)22-12-4-2-3-11(9-12)18(19,20)21/h2-6,8-9,13,27H,7H2,1H3,(H,22,28)(H,23,24,25,26)/t13-/m0/s1. The number of phenols is 1. The van der Waals surface area contributed by atoms with Crippen LogP contribution in [0.25, 0.3) is 0 Å². The average Bonchev–Trinajstić information content (AvgIpc) is 3.21. The lowest BCUT2D eigenvalue weighted by molar-refractivity contribution is -0.137. The summed E-state index contributed by atoms with van der Waals surface area (Å²) in [5, 5.41) is 25.5. The summed E-state index contributed by atoms with van der Waals surface area (Å²) in [7, 11) is 1.38. The fourth-order valence-corrected chi connectivity index (χ4v) is 2.71. The number of hydrogen-bond acceptors (Lipinski definition) is 6. The van der Waals surface area contributed by atoms with Crippen LogP contribution in [0.5, 0.6) is 11.5 Å². The van der Waals surface area contributed by atoms with Crippen molar-refractivity contribution in [2.75, 3.05) is 12.4 Å². The van der Waals surface area contributed by atoms with Gasteiger partial charge >= 0.3 is 6.18 Å². The molecule has 0 fully saturated rings. The number of nitrogens with zero attached hydrogens (tertiary/aromatic N) is 3. The lowest BCUT2D eigenvalue weighted by Gasteiger charge is -2.15. The zero-order valence-electron chi connectivity index (χ0n) is 15.1. The summed E-state index contributed by atoms with van der Waals surface area (Å²) in [5.74, 6) is -1.34. The minimum atomic E-state index is -4.53. The largest absolute Gasteiger partial charge is 0.504 e. The van der Waals surface area contributed by atoms with Crippen LogP contribution in [0.1, 0.15) is 22.9 Å². The van der Waals surface area contributed by atoms with E-state index in [9.17, 15) is 23.1 Å². The van der Waals surface area contributed by atoms with Crippen LogP contribution in [0.4, 0.5) is 18.9 Å². The number of carbonyl (C=O) groups excluding carboxylic acids is 1. The smallest absolute Gasteiger partial charge is 0.416 e. The monoisotopic (exact) mass is 407 g/mol. The first-order valence-electron chi connectivity index (χ1n) is 8.35. The van der Waals surface area contributed by atoms with Gasteiger partial charge in [-0.3, -0.25) is 4.79 Å². The van der Waals surface area contributed by atoms with Gasteiger partial charge in [0.15, 0.2) is 17.3 Å². The van der Waals surface area contributed by atoms with Crippen molar-refractivity contribution in [1.29, 1.82) is 0 Å². The molecule has 1 aromatic heterocycles. The molecular formula is C18H16F3N5O3. The first-order chi connectivity index (χ1) is 13.8. The Balaban J connectivity index is 1.85. The van der Waals surface area contributed by atoms with Gasteiger partial charge in [0.25, 0.3) is 0 Å². The molecule has 0 spiro atoms. The minimum Gasteiger partial charge on any atom is -0.504 e. The molecule has 0 aliphatic carbocycles. The predicted octanol–water partition coefficient (Wildman–Crippen LogP) is 2.90. The molecule has 3 N–H and O–H groups in total. The lowest BCUT2D eigenvalue weighted by atomic mass is 9.97. The van der Waals surface area contributed by atoms with Gasteiger partial charge in [0.2, 0.25) is 5.91 Å². The fourth-order valence-electron chi connectivity index (χ4n) is 2.71. The van der Waals surface area contributed by atoms with E-state index in [1.165, 1.54) is 25.3 Å². The zero-order valence-corrected chi connectivity index (χ0v) is 15.1. The summed E-state index contributed by atoms with van der Waals surface area (Å²) < 4.78 is 43.8. The molecular weight excluding hydrogens is 391 g/mol. The van der Waals surface area contributed by atoms with Crippen LogP contribution in [0.2, 0.25) is 0 Å². The Bertz CT molecular complexity index is 993. The number of tetrazole rings is 1. The second kappa shape index (κ2) is 8.17. The van der Waals surface area contributed by atoms with Gasteiger partial charge < -0.3 is 15.2 Å². The number of carbonyl (C=O) groups is 1. The molecule has 0 aliphatic heterocycles. The Morgan fingerprint density at radius 3 is 2.72 bits per heavy atom. The molecule has 0 saturated carbocycles. The third kappa shape index (κ3) is 4.81. The molecule has 0 saturated heterocycles. The van der Waals surface area contributed by atoms with Crippen LogP contribution in [0.3, 0.4) is 0 Å². The molecule has 8 nitrogen and oxygen atoms in total. The van der Waals surface area contributed by atoms with Crippen LogP contribution < -0.4 is 10.1 Å². The van der Waals surface area contributed by atoms with Crippen LogP contribution in [-0.4, -0.2) is 38.7 Å². The SMILES string of the molecule is COc1cc(C[C@H](C(=O)Nc2cccc(C(F)(F)F)c2)c2nn[nH]n2)ccc1O. The molecule has 152 valence electrons. The number of aromatic amines is 1. The van der Waals surface area contributed by atoms with E-state index in [1.54, 1.807) is 12.1 Å². The molecule has 0 radical (unpaired) electrons. The van der Waals surface area contributed by atoms with Crippen molar-refractivity contribution < 1.29 is 27.8 Å². The molecule has 1 heterocycles. The van der Waals surface area contributed by atoms with Crippen molar-refractivity contribution in [2.24, 2.45) is 0 Å². The van der Waals surface area contributed by atoms with E-state index >= 15 is 0 Å². The fraction of sp³-hybridized carbons (Fsp3) is 0.222. The maximum atomic E-state index is 12.9. The van der Waals surface area contributed by atoms with Crippen LogP contribution in [-0.2, 0) is 17.4 Å². The van der Waals surface area contributed by atoms with Gasteiger partial charge in [0, 0.05) is 5.69 Å². The highest BCUT2D eigenvalue weighted by molar-refractivity contribution is 5.95. The number of aromatic nitrogens is 4. The molecule has 0 bridgehead atoms. The molecule has 29 heavy (non-hydrogen) atoms. The van der Waals surface area contributed by atoms with Crippen LogP contribution in [0, 0.1) is 0 Å². The van der Waals surface area contributed by atoms with Gasteiger partial charge in [-0.2, -0.15) is 18.4 Å². The Kier molecular flexibility index (Phi) is 5.66. The van der Waals surface area contributed by atoms with Gasteiger partial charge in [-0.25, -0.2) is 0 Å². The molecule has 1 atom stereocenters. The van der Waals surface area contributed by atoms with Gasteiger partial charge in [-0.05, 0) is 42.3 Å². The number of amides is 1. The normalized spacial score (nSPS) is 12.4. The van der Waals surface area contributed by atoms with Crippen molar-refractivity contribution in [2.45, 2.75) is 18.5 Å². The van der Waals surface area contributed by atoms with Gasteiger partial charge in [-0.1, -0.05) is 17.3 Å². The van der Waals surface area contributed by atoms with Crippen molar-refractivity contribution in [1.82, 2.24) is 20.6 Å². The number of phenolic OH excluding ortho intramolecular Hbond substituents is 1. The van der Waals surface area contributed by atoms with Crippen LogP contribution in [0.15, 0.2) is 42.5 Å². The second-order valence-corrected chi connectivity index (χ2v) is 6.10. The summed E-state index contributed by atoms with van der Waals surface area (Å²) in [6, 6.07) is 8.84. The van der Waals surface area contributed by atoms with Crippen molar-refractivity contribution >= 4 is 11.6 Å². The van der Waals surface area contributed by atoms with Gasteiger partial charge in [-0.15, -0.1) is 10.2 Å². The van der Waals surface area contributed by atoms with E-state index in [2.05, 4.69) is 25.9 Å². The highest BCUT2D eigenvalue weighted by Crippen LogP contribution is 2.32. The first kappa shape index (κ1) is 20.1. The molecule has 1 amide bonds. The Labute approximate surface area is 162 Å². The number of alkyl halides is 3. The number of ether oxygens (including phenoxy) is 1. The Morgan fingerprint density at radius 1 is 1.28 bits per heavy atom. The van der Waals surface area contributed by atoms with Crippen molar-refractivity contribution in [3.05, 3.63) is 59.4 Å². The van der Waals surface area contributed by atoms with E-state index in [1.807, 2.05) is 0 Å². The van der Waals surface area contributed by atoms with E-state index in [0.29, 0.717) is 5.56 Å². The van der Waals surface area contributed by atoms with Gasteiger partial charge in [0.05, 0.1) is 12.7 Å². The second-order valence-electron chi connectivity index (χ2n) is 6.10. The van der Waals surface area contributed by atoms with Gasteiger partial charge in [0.1, 0.15) is 5.92 Å². The number of H-pyrrole nitrogens is 1. The minimum absolute atomic E-state index is 0.0124. The summed E-state index contributed by atoms with van der Waals surface area (Å²) in [6.45, 7) is 0. The molecule has 2 aromatic carbocycles. The Hall–Kier alpha value is -3.63. The number of anilines is 1. The summed E-state index contributed by atoms with van der Waals surface area (Å²) in [6.07, 6.45) is -4.43. The molecule has 0 aliphatic rings. The van der Waals surface area contributed by atoms with Crippen molar-refractivity contribution in [3.63, 3.8) is 0 Å². The van der Waals surface area contributed by atoms with E-state index in [-0.39, 0.29) is 29.4 Å². The maximum absolute atomic E-state index is 12.9. The summed E-state index contributed by atoms with van der Waals surface area (Å²) in [5.41, 5.74) is -0.273. The third-order valence-corrected chi connectivity index (χ3v) is 4.13. The number of benzene rings is 2. The van der Waals surface area contributed by atoms with E-state index < -0.39 is 23.6 Å². The number of rotatable bonds is 6. The Morgan fingerprint density at radius 2 is 2.07 bits per heavy atom. The molecule has 0 unspecified atom stereocenters. The number of hydrogen-bond donors (Lipinski definition) is 3. The average molecular weight is 407 g/mol.